The highest BCUT2D eigenvalue weighted by Crippen LogP contribution is 2.22. The Hall–Kier alpha value is -3.00. The molecule has 0 saturated carbocycles. The summed E-state index contributed by atoms with van der Waals surface area (Å²) in [5.74, 6) is 0.501. The van der Waals surface area contributed by atoms with Crippen LogP contribution in [0, 0.1) is 0 Å². The second kappa shape index (κ2) is 7.71. The van der Waals surface area contributed by atoms with Crippen LogP contribution in [0.2, 0.25) is 0 Å². The maximum Gasteiger partial charge on any atom is 0.310 e. The summed E-state index contributed by atoms with van der Waals surface area (Å²) in [6.07, 6.45) is 1.62. The molecule has 0 aliphatic carbocycles. The van der Waals surface area contributed by atoms with Gasteiger partial charge in [-0.3, -0.25) is 9.59 Å². The average molecular weight is 383 g/mol. The summed E-state index contributed by atoms with van der Waals surface area (Å²) < 4.78 is 10.3. The minimum absolute atomic E-state index is 0.0592. The van der Waals surface area contributed by atoms with Crippen LogP contribution in [0.5, 0.6) is 0 Å². The molecule has 0 N–H and O–H groups in total. The van der Waals surface area contributed by atoms with E-state index in [0.29, 0.717) is 12.2 Å². The number of benzene rings is 1. The van der Waals surface area contributed by atoms with Gasteiger partial charge in [0.05, 0.1) is 6.42 Å². The molecule has 1 amide bonds. The van der Waals surface area contributed by atoms with Crippen molar-refractivity contribution in [3.63, 3.8) is 0 Å². The summed E-state index contributed by atoms with van der Waals surface area (Å²) >= 11 is 1.54. The highest BCUT2D eigenvalue weighted by atomic mass is 32.1. The number of nitrogens with zero attached hydrogens (tertiary/aromatic N) is 3. The fourth-order valence-corrected chi connectivity index (χ4v) is 3.53. The van der Waals surface area contributed by atoms with Gasteiger partial charge in [-0.25, -0.2) is 0 Å². The number of hydrogen-bond donors (Lipinski definition) is 0. The molecule has 4 rings (SSSR count). The molecule has 0 unspecified atom stereocenters. The normalized spacial score (nSPS) is 13.9. The molecule has 3 heterocycles. The number of esters is 1. The molecule has 1 fully saturated rings. The van der Waals surface area contributed by atoms with Crippen LogP contribution in [0.4, 0.5) is 5.69 Å². The number of carbonyl (C=O) groups excluding carboxylic acids is 2. The van der Waals surface area contributed by atoms with E-state index in [1.807, 2.05) is 41.1 Å². The van der Waals surface area contributed by atoms with Crippen LogP contribution in [0.15, 0.2) is 45.6 Å². The standard InChI is InChI=1S/C19H17N3O4S/c23-17-2-1-8-22(17)15-5-3-13(4-6-15)10-18(24)25-11-16-20-19(21-26-16)14-7-9-27-12-14/h3-7,9,12H,1-2,8,10-11H2. The Morgan fingerprint density at radius 1 is 1.26 bits per heavy atom. The molecule has 0 radical (unpaired) electrons. The highest BCUT2D eigenvalue weighted by molar-refractivity contribution is 7.08. The summed E-state index contributed by atoms with van der Waals surface area (Å²) in [5.41, 5.74) is 2.55. The van der Waals surface area contributed by atoms with E-state index in [2.05, 4.69) is 10.1 Å². The van der Waals surface area contributed by atoms with Crippen molar-refractivity contribution in [3.8, 4) is 11.4 Å². The molecule has 2 aromatic heterocycles. The minimum atomic E-state index is -0.379. The Labute approximate surface area is 159 Å². The summed E-state index contributed by atoms with van der Waals surface area (Å²) in [5, 5.41) is 7.71. The summed E-state index contributed by atoms with van der Waals surface area (Å²) in [6, 6.07) is 9.28. The SMILES string of the molecule is O=C(Cc1ccc(N2CCCC2=O)cc1)OCc1nc(-c2ccsc2)no1. The van der Waals surface area contributed by atoms with Gasteiger partial charge in [-0.2, -0.15) is 16.3 Å². The van der Waals surface area contributed by atoms with Gasteiger partial charge in [-0.1, -0.05) is 17.3 Å². The zero-order valence-corrected chi connectivity index (χ0v) is 15.3. The number of thiophene rings is 1. The third-order valence-corrected chi connectivity index (χ3v) is 4.96. The Bertz CT molecular complexity index is 934. The molecular weight excluding hydrogens is 366 g/mol. The molecule has 1 aliphatic rings. The van der Waals surface area contributed by atoms with Crippen LogP contribution in [-0.2, 0) is 27.4 Å². The number of amides is 1. The van der Waals surface area contributed by atoms with Crippen molar-refractivity contribution in [2.45, 2.75) is 25.9 Å². The lowest BCUT2D eigenvalue weighted by Crippen LogP contribution is -2.23. The van der Waals surface area contributed by atoms with Crippen molar-refractivity contribution in [2.75, 3.05) is 11.4 Å². The number of rotatable bonds is 6. The third kappa shape index (κ3) is 4.06. The molecule has 0 bridgehead atoms. The maximum atomic E-state index is 12.0. The summed E-state index contributed by atoms with van der Waals surface area (Å²) in [4.78, 5) is 29.8. The number of ether oxygens (including phenoxy) is 1. The topological polar surface area (TPSA) is 85.5 Å². The second-order valence-electron chi connectivity index (χ2n) is 6.18. The smallest absolute Gasteiger partial charge is 0.310 e. The van der Waals surface area contributed by atoms with Crippen molar-refractivity contribution in [2.24, 2.45) is 0 Å². The van der Waals surface area contributed by atoms with E-state index in [0.717, 1.165) is 29.8 Å². The van der Waals surface area contributed by atoms with E-state index in [-0.39, 0.29) is 30.8 Å². The molecule has 7 nitrogen and oxygen atoms in total. The van der Waals surface area contributed by atoms with Crippen molar-refractivity contribution in [1.29, 1.82) is 0 Å². The van der Waals surface area contributed by atoms with Gasteiger partial charge < -0.3 is 14.2 Å². The lowest BCUT2D eigenvalue weighted by molar-refractivity contribution is -0.144. The Morgan fingerprint density at radius 3 is 2.81 bits per heavy atom. The molecule has 1 aliphatic heterocycles. The van der Waals surface area contributed by atoms with Crippen LogP contribution in [-0.4, -0.2) is 28.6 Å². The highest BCUT2D eigenvalue weighted by Gasteiger charge is 2.21. The van der Waals surface area contributed by atoms with Gasteiger partial charge in [0.15, 0.2) is 6.61 Å². The van der Waals surface area contributed by atoms with Crippen LogP contribution in [0.1, 0.15) is 24.3 Å². The Balaban J connectivity index is 1.30. The number of anilines is 1. The summed E-state index contributed by atoms with van der Waals surface area (Å²) in [6.45, 7) is 0.689. The maximum absolute atomic E-state index is 12.0. The minimum Gasteiger partial charge on any atom is -0.455 e. The molecule has 1 saturated heterocycles. The third-order valence-electron chi connectivity index (χ3n) is 4.27. The molecule has 8 heteroatoms. The van der Waals surface area contributed by atoms with E-state index in [1.54, 1.807) is 16.2 Å². The van der Waals surface area contributed by atoms with Crippen LogP contribution < -0.4 is 4.90 Å². The van der Waals surface area contributed by atoms with Gasteiger partial charge in [0, 0.05) is 29.6 Å². The van der Waals surface area contributed by atoms with Crippen molar-refractivity contribution >= 4 is 28.9 Å². The first-order valence-corrected chi connectivity index (χ1v) is 9.53. The lowest BCUT2D eigenvalue weighted by Gasteiger charge is -2.15. The van der Waals surface area contributed by atoms with E-state index in [4.69, 9.17) is 9.26 Å². The van der Waals surface area contributed by atoms with Crippen molar-refractivity contribution < 1.29 is 18.8 Å². The Kier molecular flexibility index (Phi) is 4.97. The predicted molar refractivity (Wildman–Crippen MR) is 99.1 cm³/mol. The molecule has 3 aromatic rings. The molecule has 1 aromatic carbocycles. The zero-order chi connectivity index (χ0) is 18.6. The van der Waals surface area contributed by atoms with E-state index in [9.17, 15) is 9.59 Å². The first-order chi connectivity index (χ1) is 13.2. The zero-order valence-electron chi connectivity index (χ0n) is 14.5. The molecule has 138 valence electrons. The van der Waals surface area contributed by atoms with Crippen molar-refractivity contribution in [3.05, 3.63) is 52.5 Å². The van der Waals surface area contributed by atoms with Gasteiger partial charge in [-0.05, 0) is 35.6 Å². The van der Waals surface area contributed by atoms with Crippen LogP contribution in [0.25, 0.3) is 11.4 Å². The molecule has 0 spiro atoms. The molecule has 27 heavy (non-hydrogen) atoms. The predicted octanol–water partition coefficient (Wildman–Crippen LogP) is 3.21. The van der Waals surface area contributed by atoms with Crippen molar-refractivity contribution in [1.82, 2.24) is 10.1 Å². The van der Waals surface area contributed by atoms with Gasteiger partial charge in [0.2, 0.25) is 11.7 Å². The first-order valence-electron chi connectivity index (χ1n) is 8.59. The Morgan fingerprint density at radius 2 is 2.11 bits per heavy atom. The van der Waals surface area contributed by atoms with Gasteiger partial charge in [-0.15, -0.1) is 0 Å². The fourth-order valence-electron chi connectivity index (χ4n) is 2.90. The molecule has 0 atom stereocenters. The first kappa shape index (κ1) is 17.4. The van der Waals surface area contributed by atoms with Gasteiger partial charge in [0.1, 0.15) is 0 Å². The van der Waals surface area contributed by atoms with Crippen LogP contribution >= 0.6 is 11.3 Å². The number of hydrogen-bond acceptors (Lipinski definition) is 7. The van der Waals surface area contributed by atoms with E-state index in [1.165, 1.54) is 0 Å². The summed E-state index contributed by atoms with van der Waals surface area (Å²) in [7, 11) is 0. The number of aromatic nitrogens is 2. The van der Waals surface area contributed by atoms with E-state index >= 15 is 0 Å². The monoisotopic (exact) mass is 383 g/mol. The average Bonchev–Trinajstić information content (AvgIpc) is 3.42. The quantitative estimate of drug-likeness (QED) is 0.608. The van der Waals surface area contributed by atoms with Gasteiger partial charge >= 0.3 is 5.97 Å². The number of carbonyl (C=O) groups is 2. The fraction of sp³-hybridized carbons (Fsp3) is 0.263. The van der Waals surface area contributed by atoms with Crippen LogP contribution in [0.3, 0.4) is 0 Å². The molecular formula is C19H17N3O4S. The largest absolute Gasteiger partial charge is 0.455 e. The van der Waals surface area contributed by atoms with Gasteiger partial charge in [0.25, 0.3) is 5.89 Å². The second-order valence-corrected chi connectivity index (χ2v) is 6.96. The van der Waals surface area contributed by atoms with E-state index < -0.39 is 0 Å². The lowest BCUT2D eigenvalue weighted by atomic mass is 10.1.